The maximum Gasteiger partial charge on any atom is 0.416 e. The van der Waals surface area contributed by atoms with Gasteiger partial charge in [0, 0.05) is 0 Å². The lowest BCUT2D eigenvalue weighted by Gasteiger charge is -2.62. The van der Waals surface area contributed by atoms with E-state index in [1.807, 2.05) is 6.92 Å². The molecule has 0 amide bonds. The summed E-state index contributed by atoms with van der Waals surface area (Å²) in [5.41, 5.74) is -2.55. The van der Waals surface area contributed by atoms with E-state index in [0.717, 1.165) is 44.4 Å². The van der Waals surface area contributed by atoms with Gasteiger partial charge < -0.3 is 10.2 Å². The van der Waals surface area contributed by atoms with Crippen LogP contribution in [0, 0.1) is 46.3 Å². The average Bonchev–Trinajstić information content (AvgIpc) is 3.03. The van der Waals surface area contributed by atoms with Crippen molar-refractivity contribution in [2.75, 3.05) is 0 Å². The van der Waals surface area contributed by atoms with Gasteiger partial charge in [0.1, 0.15) is 0 Å². The molecule has 0 aromatic carbocycles. The SMILES string of the molecule is C[C@H](CC[C@](C)(O)C(F)(F)F)[C@H]1CC[C@H]2[C@@H]3CC[C@@H]4C[C@@](C)(O)CC[C@]4(C)[C@H]3CC[C@]12C. The first-order valence-electron chi connectivity index (χ1n) is 13.1. The smallest absolute Gasteiger partial charge is 0.390 e. The number of halogens is 3. The fraction of sp³-hybridized carbons (Fsp3) is 1.00. The third-order valence-corrected chi connectivity index (χ3v) is 11.4. The molecule has 0 unspecified atom stereocenters. The number of aliphatic hydroxyl groups is 2. The van der Waals surface area contributed by atoms with Crippen LogP contribution in [0.4, 0.5) is 13.2 Å². The zero-order valence-corrected chi connectivity index (χ0v) is 20.8. The minimum Gasteiger partial charge on any atom is -0.390 e. The summed E-state index contributed by atoms with van der Waals surface area (Å²) in [7, 11) is 0. The lowest BCUT2D eigenvalue weighted by atomic mass is 9.43. The van der Waals surface area contributed by atoms with E-state index in [1.165, 1.54) is 32.1 Å². The van der Waals surface area contributed by atoms with Crippen molar-refractivity contribution < 1.29 is 23.4 Å². The number of alkyl halides is 3. The summed E-state index contributed by atoms with van der Waals surface area (Å²) in [5.74, 6) is 3.42. The molecule has 0 aliphatic heterocycles. The molecule has 10 atom stereocenters. The second-order valence-corrected chi connectivity index (χ2v) is 13.4. The van der Waals surface area contributed by atoms with Gasteiger partial charge in [0.25, 0.3) is 0 Å². The Morgan fingerprint density at radius 1 is 0.906 bits per heavy atom. The topological polar surface area (TPSA) is 40.5 Å². The molecule has 0 aromatic heterocycles. The van der Waals surface area contributed by atoms with E-state index in [1.54, 1.807) is 0 Å². The Morgan fingerprint density at radius 2 is 1.56 bits per heavy atom. The van der Waals surface area contributed by atoms with Gasteiger partial charge in [0.2, 0.25) is 0 Å². The van der Waals surface area contributed by atoms with Gasteiger partial charge in [-0.25, -0.2) is 0 Å². The third-order valence-electron chi connectivity index (χ3n) is 11.4. The predicted octanol–water partition coefficient (Wildman–Crippen LogP) is 7.13. The highest BCUT2D eigenvalue weighted by atomic mass is 19.4. The molecule has 4 aliphatic carbocycles. The van der Waals surface area contributed by atoms with E-state index < -0.39 is 17.4 Å². The molecule has 5 heteroatoms. The third kappa shape index (κ3) is 3.95. The molecule has 0 aromatic rings. The largest absolute Gasteiger partial charge is 0.416 e. The Hall–Kier alpha value is -0.290. The van der Waals surface area contributed by atoms with Crippen LogP contribution in [-0.2, 0) is 0 Å². The van der Waals surface area contributed by atoms with Gasteiger partial charge in [-0.2, -0.15) is 13.2 Å². The van der Waals surface area contributed by atoms with Crippen LogP contribution < -0.4 is 0 Å². The quantitative estimate of drug-likeness (QED) is 0.471. The molecule has 4 rings (SSSR count). The van der Waals surface area contributed by atoms with Gasteiger partial charge in [-0.3, -0.25) is 0 Å². The molecule has 2 nitrogen and oxygen atoms in total. The van der Waals surface area contributed by atoms with E-state index in [2.05, 4.69) is 20.8 Å². The maximum absolute atomic E-state index is 13.1. The van der Waals surface area contributed by atoms with E-state index in [0.29, 0.717) is 29.6 Å². The normalized spacial score (nSPS) is 49.5. The van der Waals surface area contributed by atoms with Crippen LogP contribution in [-0.4, -0.2) is 27.6 Å². The summed E-state index contributed by atoms with van der Waals surface area (Å²) in [6.45, 7) is 9.99. The molecule has 0 spiro atoms. The van der Waals surface area contributed by atoms with Gasteiger partial charge >= 0.3 is 6.18 Å². The van der Waals surface area contributed by atoms with Crippen molar-refractivity contribution in [2.24, 2.45) is 46.3 Å². The molecule has 0 heterocycles. The van der Waals surface area contributed by atoms with Gasteiger partial charge in [-0.15, -0.1) is 0 Å². The van der Waals surface area contributed by atoms with Crippen LogP contribution in [0.25, 0.3) is 0 Å². The monoisotopic (exact) mass is 458 g/mol. The van der Waals surface area contributed by atoms with E-state index in [4.69, 9.17) is 0 Å². The van der Waals surface area contributed by atoms with Crippen molar-refractivity contribution in [3.8, 4) is 0 Å². The Morgan fingerprint density at radius 3 is 2.22 bits per heavy atom. The van der Waals surface area contributed by atoms with Crippen LogP contribution in [0.2, 0.25) is 0 Å². The molecule has 4 aliphatic rings. The first-order valence-corrected chi connectivity index (χ1v) is 13.1. The van der Waals surface area contributed by atoms with E-state index >= 15 is 0 Å². The molecule has 4 fully saturated rings. The van der Waals surface area contributed by atoms with Crippen molar-refractivity contribution in [1.82, 2.24) is 0 Å². The number of hydrogen-bond acceptors (Lipinski definition) is 2. The maximum atomic E-state index is 13.1. The molecule has 0 saturated heterocycles. The summed E-state index contributed by atoms with van der Waals surface area (Å²) in [6, 6.07) is 0. The lowest BCUT2D eigenvalue weighted by Crippen LogP contribution is -2.55. The minimum absolute atomic E-state index is 0.201. The molecule has 32 heavy (non-hydrogen) atoms. The second kappa shape index (κ2) is 7.86. The fourth-order valence-corrected chi connectivity index (χ4v) is 9.26. The van der Waals surface area contributed by atoms with Crippen molar-refractivity contribution in [2.45, 2.75) is 123 Å². The molecular formula is C27H45F3O2. The van der Waals surface area contributed by atoms with E-state index in [9.17, 15) is 23.4 Å². The highest BCUT2D eigenvalue weighted by Gasteiger charge is 2.61. The summed E-state index contributed by atoms with van der Waals surface area (Å²) >= 11 is 0. The lowest BCUT2D eigenvalue weighted by molar-refractivity contribution is -0.256. The second-order valence-electron chi connectivity index (χ2n) is 13.4. The highest BCUT2D eigenvalue weighted by Crippen LogP contribution is 2.69. The number of hydrogen-bond donors (Lipinski definition) is 2. The van der Waals surface area contributed by atoms with E-state index in [-0.39, 0.29) is 17.8 Å². The molecule has 0 radical (unpaired) electrons. The fourth-order valence-electron chi connectivity index (χ4n) is 9.26. The van der Waals surface area contributed by atoms with Gasteiger partial charge in [0.15, 0.2) is 5.60 Å². The van der Waals surface area contributed by atoms with Crippen LogP contribution in [0.1, 0.15) is 105 Å². The zero-order chi connectivity index (χ0) is 23.7. The van der Waals surface area contributed by atoms with Crippen LogP contribution in [0.15, 0.2) is 0 Å². The van der Waals surface area contributed by atoms with Crippen LogP contribution >= 0.6 is 0 Å². The van der Waals surface area contributed by atoms with Gasteiger partial charge in [0.05, 0.1) is 5.60 Å². The first kappa shape index (κ1) is 24.8. The zero-order valence-electron chi connectivity index (χ0n) is 20.8. The van der Waals surface area contributed by atoms with Gasteiger partial charge in [-0.05, 0) is 131 Å². The summed E-state index contributed by atoms with van der Waals surface area (Å²) in [4.78, 5) is 0. The Bertz CT molecular complexity index is 702. The number of fused-ring (bicyclic) bond motifs is 5. The summed E-state index contributed by atoms with van der Waals surface area (Å²) in [5, 5.41) is 20.6. The molecule has 186 valence electrons. The molecule has 0 bridgehead atoms. The van der Waals surface area contributed by atoms with Crippen molar-refractivity contribution in [1.29, 1.82) is 0 Å². The predicted molar refractivity (Wildman–Crippen MR) is 121 cm³/mol. The van der Waals surface area contributed by atoms with Crippen LogP contribution in [0.5, 0.6) is 0 Å². The van der Waals surface area contributed by atoms with Crippen molar-refractivity contribution >= 4 is 0 Å². The highest BCUT2D eigenvalue weighted by molar-refractivity contribution is 5.10. The van der Waals surface area contributed by atoms with Crippen LogP contribution in [0.3, 0.4) is 0 Å². The Labute approximate surface area is 192 Å². The summed E-state index contributed by atoms with van der Waals surface area (Å²) in [6.07, 6.45) is 5.85. The number of rotatable bonds is 4. The Kier molecular flexibility index (Phi) is 6.10. The Balaban J connectivity index is 1.46. The van der Waals surface area contributed by atoms with Crippen molar-refractivity contribution in [3.05, 3.63) is 0 Å². The summed E-state index contributed by atoms with van der Waals surface area (Å²) < 4.78 is 39.4. The molecule has 4 saturated carbocycles. The van der Waals surface area contributed by atoms with Crippen molar-refractivity contribution in [3.63, 3.8) is 0 Å². The minimum atomic E-state index is -4.56. The van der Waals surface area contributed by atoms with Gasteiger partial charge in [-0.1, -0.05) is 20.8 Å². The first-order chi connectivity index (χ1) is 14.6. The standard InChI is InChI=1S/C27H45F3O2/c1-17(10-13-26(5,32)27(28,29)30)20-8-9-21-19-7-6-18-16-23(2,31)14-15-24(18,3)22(19)11-12-25(20,21)4/h17-22,31-32H,6-16H2,1-5H3/t17-,18-,19+,20-,21+,22+,23+,24+,25-,26+/m1/s1. The molecule has 2 N–H and O–H groups in total. The average molecular weight is 459 g/mol. The molecular weight excluding hydrogens is 413 g/mol.